The Kier molecular flexibility index (Phi) is 6.95. The molecule has 1 aliphatic carbocycles. The Morgan fingerprint density at radius 3 is 2.78 bits per heavy atom. The molecule has 4 nitrogen and oxygen atoms in total. The number of pyridine rings is 1. The van der Waals surface area contributed by atoms with Gasteiger partial charge in [0.15, 0.2) is 0 Å². The fourth-order valence-electron chi connectivity index (χ4n) is 5.26. The van der Waals surface area contributed by atoms with Crippen molar-refractivity contribution in [1.82, 2.24) is 4.98 Å². The molecule has 0 unspecified atom stereocenters. The molecule has 0 saturated carbocycles. The SMILES string of the molecule is CCC(C)(C)[C@H]1CCc2c(sc(NC(=O)c3cc(-c4cccc(C)c4)nc4ccc(Br)cc34)c2C#N)C1. The summed E-state index contributed by atoms with van der Waals surface area (Å²) in [5.41, 5.74) is 6.15. The zero-order valence-corrected chi connectivity index (χ0v) is 24.0. The molecule has 0 radical (unpaired) electrons. The molecular weight excluding hydrogens is 542 g/mol. The first-order valence-corrected chi connectivity index (χ1v) is 14.3. The Bertz CT molecular complexity index is 1560. The molecule has 0 saturated heterocycles. The van der Waals surface area contributed by atoms with Crippen LogP contribution >= 0.6 is 27.3 Å². The molecule has 5 rings (SSSR count). The van der Waals surface area contributed by atoms with Gasteiger partial charge in [-0.25, -0.2) is 4.98 Å². The van der Waals surface area contributed by atoms with Crippen molar-refractivity contribution < 1.29 is 4.79 Å². The Morgan fingerprint density at radius 2 is 2.05 bits per heavy atom. The lowest BCUT2D eigenvalue weighted by molar-refractivity contribution is 0.102. The number of fused-ring (bicyclic) bond motifs is 2. The standard InChI is InChI=1S/C31H30BrN3OS/c1-5-31(3,4)20-9-11-22-25(17-33)30(37-28(22)14-20)35-29(36)24-16-27(19-8-6-7-18(2)13-19)34-26-12-10-21(32)15-23(24)26/h6-8,10,12-13,15-16,20H,5,9,11,14H2,1-4H3,(H,35,36)/t20-/m0/s1. The van der Waals surface area contributed by atoms with Gasteiger partial charge < -0.3 is 5.32 Å². The molecule has 0 bridgehead atoms. The number of carbonyl (C=O) groups is 1. The number of aromatic nitrogens is 1. The van der Waals surface area contributed by atoms with Gasteiger partial charge in [0.25, 0.3) is 5.91 Å². The first-order chi connectivity index (χ1) is 17.7. The van der Waals surface area contributed by atoms with E-state index in [1.165, 1.54) is 4.88 Å². The largest absolute Gasteiger partial charge is 0.312 e. The minimum Gasteiger partial charge on any atom is -0.312 e. The minimum atomic E-state index is -0.222. The quantitative estimate of drug-likeness (QED) is 0.260. The third-order valence-corrected chi connectivity index (χ3v) is 9.61. The zero-order chi connectivity index (χ0) is 26.3. The summed E-state index contributed by atoms with van der Waals surface area (Å²) in [6, 6.07) is 18.2. The van der Waals surface area contributed by atoms with E-state index >= 15 is 0 Å². The lowest BCUT2D eigenvalue weighted by Crippen LogP contribution is -2.28. The van der Waals surface area contributed by atoms with Gasteiger partial charge in [0.05, 0.1) is 22.3 Å². The third kappa shape index (κ3) is 4.95. The van der Waals surface area contributed by atoms with E-state index in [2.05, 4.69) is 54.2 Å². The molecule has 188 valence electrons. The fourth-order valence-corrected chi connectivity index (χ4v) is 6.89. The second kappa shape index (κ2) is 10.0. The van der Waals surface area contributed by atoms with Crippen LogP contribution < -0.4 is 5.32 Å². The highest BCUT2D eigenvalue weighted by Crippen LogP contribution is 2.45. The molecule has 1 amide bonds. The summed E-state index contributed by atoms with van der Waals surface area (Å²) >= 11 is 5.12. The second-order valence-corrected chi connectivity index (χ2v) is 12.7. The molecule has 1 N–H and O–H groups in total. The van der Waals surface area contributed by atoms with Crippen molar-refractivity contribution in [3.63, 3.8) is 0 Å². The topological polar surface area (TPSA) is 65.8 Å². The highest BCUT2D eigenvalue weighted by molar-refractivity contribution is 9.10. The molecule has 0 aliphatic heterocycles. The maximum atomic E-state index is 13.8. The number of nitriles is 1. The van der Waals surface area contributed by atoms with E-state index in [4.69, 9.17) is 4.98 Å². The number of nitrogens with one attached hydrogen (secondary N) is 1. The van der Waals surface area contributed by atoms with Gasteiger partial charge in [-0.1, -0.05) is 66.9 Å². The number of hydrogen-bond acceptors (Lipinski definition) is 4. The summed E-state index contributed by atoms with van der Waals surface area (Å²) in [5, 5.41) is 14.6. The monoisotopic (exact) mass is 571 g/mol. The summed E-state index contributed by atoms with van der Waals surface area (Å²) in [6.07, 6.45) is 4.06. The van der Waals surface area contributed by atoms with Crippen molar-refractivity contribution in [2.45, 2.75) is 53.4 Å². The van der Waals surface area contributed by atoms with Crippen LogP contribution in [-0.2, 0) is 12.8 Å². The number of nitrogens with zero attached hydrogens (tertiary/aromatic N) is 2. The number of thiophene rings is 1. The van der Waals surface area contributed by atoms with Gasteiger partial charge in [0.2, 0.25) is 0 Å². The van der Waals surface area contributed by atoms with Gasteiger partial charge in [0.1, 0.15) is 11.1 Å². The van der Waals surface area contributed by atoms with Crippen molar-refractivity contribution in [1.29, 1.82) is 5.26 Å². The van der Waals surface area contributed by atoms with Crippen LogP contribution in [-0.4, -0.2) is 10.9 Å². The minimum absolute atomic E-state index is 0.222. The van der Waals surface area contributed by atoms with Crippen molar-refractivity contribution in [3.05, 3.63) is 80.1 Å². The smallest absolute Gasteiger partial charge is 0.257 e. The van der Waals surface area contributed by atoms with Gasteiger partial charge in [0, 0.05) is 20.3 Å². The Hall–Kier alpha value is -3.01. The molecule has 1 aliphatic rings. The molecule has 1 atom stereocenters. The number of hydrogen-bond donors (Lipinski definition) is 1. The molecule has 2 heterocycles. The van der Waals surface area contributed by atoms with Crippen LogP contribution in [0.3, 0.4) is 0 Å². The van der Waals surface area contributed by atoms with Crippen LogP contribution in [0.5, 0.6) is 0 Å². The van der Waals surface area contributed by atoms with E-state index in [0.717, 1.165) is 63.4 Å². The van der Waals surface area contributed by atoms with E-state index in [1.54, 1.807) is 11.3 Å². The number of anilines is 1. The Balaban J connectivity index is 1.54. The summed E-state index contributed by atoms with van der Waals surface area (Å²) in [5.74, 6) is 0.358. The molecule has 2 aromatic heterocycles. The molecule has 0 spiro atoms. The van der Waals surface area contributed by atoms with E-state index in [-0.39, 0.29) is 11.3 Å². The van der Waals surface area contributed by atoms with Crippen LogP contribution in [0.15, 0.2) is 53.0 Å². The first kappa shape index (κ1) is 25.6. The highest BCUT2D eigenvalue weighted by atomic mass is 79.9. The fraction of sp³-hybridized carbons (Fsp3) is 0.323. The average molecular weight is 573 g/mol. The lowest BCUT2D eigenvalue weighted by Gasteiger charge is -2.36. The van der Waals surface area contributed by atoms with Crippen LogP contribution in [0.25, 0.3) is 22.2 Å². The molecule has 4 aromatic rings. The van der Waals surface area contributed by atoms with Gasteiger partial charge >= 0.3 is 0 Å². The first-order valence-electron chi connectivity index (χ1n) is 12.7. The van der Waals surface area contributed by atoms with E-state index in [9.17, 15) is 10.1 Å². The van der Waals surface area contributed by atoms with Crippen LogP contribution in [0, 0.1) is 29.6 Å². The van der Waals surface area contributed by atoms with E-state index < -0.39 is 0 Å². The van der Waals surface area contributed by atoms with Gasteiger partial charge in [-0.2, -0.15) is 5.26 Å². The molecule has 2 aromatic carbocycles. The zero-order valence-electron chi connectivity index (χ0n) is 21.6. The highest BCUT2D eigenvalue weighted by Gasteiger charge is 2.34. The van der Waals surface area contributed by atoms with Crippen molar-refractivity contribution in [2.75, 3.05) is 5.32 Å². The number of amides is 1. The Morgan fingerprint density at radius 1 is 1.24 bits per heavy atom. The van der Waals surface area contributed by atoms with Crippen LogP contribution in [0.4, 0.5) is 5.00 Å². The third-order valence-electron chi connectivity index (χ3n) is 7.95. The molecule has 37 heavy (non-hydrogen) atoms. The molecule has 0 fully saturated rings. The van der Waals surface area contributed by atoms with Crippen LogP contribution in [0.1, 0.15) is 65.5 Å². The van der Waals surface area contributed by atoms with Crippen molar-refractivity contribution in [3.8, 4) is 17.3 Å². The summed E-state index contributed by atoms with van der Waals surface area (Å²) in [7, 11) is 0. The number of rotatable bonds is 5. The van der Waals surface area contributed by atoms with Gasteiger partial charge in [-0.15, -0.1) is 11.3 Å². The number of carbonyl (C=O) groups excluding carboxylic acids is 1. The number of aryl methyl sites for hydroxylation is 1. The number of benzene rings is 2. The van der Waals surface area contributed by atoms with Crippen molar-refractivity contribution in [2.24, 2.45) is 11.3 Å². The lowest BCUT2D eigenvalue weighted by atomic mass is 9.69. The summed E-state index contributed by atoms with van der Waals surface area (Å²) < 4.78 is 0.882. The summed E-state index contributed by atoms with van der Waals surface area (Å²) in [4.78, 5) is 19.9. The predicted molar refractivity (Wildman–Crippen MR) is 156 cm³/mol. The number of halogens is 1. The Labute approximate surface area is 230 Å². The normalized spacial score (nSPS) is 15.3. The molecular formula is C31H30BrN3OS. The van der Waals surface area contributed by atoms with Gasteiger partial charge in [-0.05, 0) is 73.4 Å². The predicted octanol–water partition coefficient (Wildman–Crippen LogP) is 8.70. The van der Waals surface area contributed by atoms with E-state index in [1.807, 2.05) is 49.4 Å². The average Bonchev–Trinajstić information content (AvgIpc) is 3.24. The van der Waals surface area contributed by atoms with E-state index in [0.29, 0.717) is 22.0 Å². The van der Waals surface area contributed by atoms with Crippen molar-refractivity contribution >= 4 is 49.1 Å². The maximum absolute atomic E-state index is 13.8. The summed E-state index contributed by atoms with van der Waals surface area (Å²) in [6.45, 7) is 8.97. The van der Waals surface area contributed by atoms with Gasteiger partial charge in [-0.3, -0.25) is 4.79 Å². The maximum Gasteiger partial charge on any atom is 0.257 e. The van der Waals surface area contributed by atoms with Crippen LogP contribution in [0.2, 0.25) is 0 Å². The molecule has 6 heteroatoms. The second-order valence-electron chi connectivity index (χ2n) is 10.6.